The maximum Gasteiger partial charge on any atom is 0.265 e. The van der Waals surface area contributed by atoms with E-state index in [1.165, 1.54) is 0 Å². The number of aromatic nitrogens is 1. The number of pyridine rings is 1. The molecule has 5 heteroatoms. The van der Waals surface area contributed by atoms with Crippen molar-refractivity contribution in [1.29, 1.82) is 0 Å². The zero-order chi connectivity index (χ0) is 13.9. The van der Waals surface area contributed by atoms with Crippen molar-refractivity contribution in [2.75, 3.05) is 23.9 Å². The van der Waals surface area contributed by atoms with E-state index in [0.29, 0.717) is 6.54 Å². The molecule has 0 spiro atoms. The highest BCUT2D eigenvalue weighted by atomic mass is 16.5. The SMILES string of the molecule is CNc1ccc(CN2C(=O)COc3ccccc32)cn1. The summed E-state index contributed by atoms with van der Waals surface area (Å²) in [5.74, 6) is 1.51. The largest absolute Gasteiger partial charge is 0.482 e. The van der Waals surface area contributed by atoms with E-state index in [1.807, 2.05) is 43.4 Å². The summed E-state index contributed by atoms with van der Waals surface area (Å²) in [4.78, 5) is 18.0. The minimum atomic E-state index is -0.0404. The fraction of sp³-hybridized carbons (Fsp3) is 0.200. The Balaban J connectivity index is 1.87. The van der Waals surface area contributed by atoms with Crippen LogP contribution in [0.2, 0.25) is 0 Å². The van der Waals surface area contributed by atoms with Gasteiger partial charge in [0.25, 0.3) is 5.91 Å². The molecule has 1 aromatic heterocycles. The van der Waals surface area contributed by atoms with Crippen molar-refractivity contribution in [3.63, 3.8) is 0 Å². The zero-order valence-electron chi connectivity index (χ0n) is 11.2. The molecule has 0 unspecified atom stereocenters. The number of hydrogen-bond donors (Lipinski definition) is 1. The normalized spacial score (nSPS) is 13.7. The van der Waals surface area contributed by atoms with Crippen LogP contribution in [0.5, 0.6) is 5.75 Å². The maximum atomic E-state index is 12.1. The van der Waals surface area contributed by atoms with E-state index in [0.717, 1.165) is 22.8 Å². The van der Waals surface area contributed by atoms with E-state index in [-0.39, 0.29) is 12.5 Å². The summed E-state index contributed by atoms with van der Waals surface area (Å²) < 4.78 is 5.42. The molecule has 2 heterocycles. The summed E-state index contributed by atoms with van der Waals surface area (Å²) in [7, 11) is 1.82. The van der Waals surface area contributed by atoms with Gasteiger partial charge in [-0.3, -0.25) is 4.79 Å². The molecule has 0 fully saturated rings. The van der Waals surface area contributed by atoms with Gasteiger partial charge in [-0.05, 0) is 23.8 Å². The minimum absolute atomic E-state index is 0.0404. The van der Waals surface area contributed by atoms with Gasteiger partial charge >= 0.3 is 0 Å². The van der Waals surface area contributed by atoms with Crippen LogP contribution in [0, 0.1) is 0 Å². The monoisotopic (exact) mass is 269 g/mol. The molecule has 102 valence electrons. The van der Waals surface area contributed by atoms with Gasteiger partial charge in [-0.25, -0.2) is 4.98 Å². The summed E-state index contributed by atoms with van der Waals surface area (Å²) in [5, 5.41) is 2.97. The maximum absolute atomic E-state index is 12.1. The van der Waals surface area contributed by atoms with Crippen LogP contribution in [0.1, 0.15) is 5.56 Å². The van der Waals surface area contributed by atoms with Gasteiger partial charge in [-0.2, -0.15) is 0 Å². The molecule has 2 aromatic rings. The van der Waals surface area contributed by atoms with E-state index < -0.39 is 0 Å². The molecular weight excluding hydrogens is 254 g/mol. The Bertz CT molecular complexity index is 625. The number of hydrogen-bond acceptors (Lipinski definition) is 4. The number of para-hydroxylation sites is 2. The molecule has 1 N–H and O–H groups in total. The van der Waals surface area contributed by atoms with Gasteiger partial charge in [0.15, 0.2) is 6.61 Å². The van der Waals surface area contributed by atoms with Crippen LogP contribution < -0.4 is 15.0 Å². The molecular formula is C15H15N3O2. The summed E-state index contributed by atoms with van der Waals surface area (Å²) in [6.07, 6.45) is 1.77. The van der Waals surface area contributed by atoms with Gasteiger partial charge in [0, 0.05) is 13.2 Å². The molecule has 1 aromatic carbocycles. The standard InChI is InChI=1S/C15H15N3O2/c1-16-14-7-6-11(8-17-14)9-18-12-4-2-3-5-13(12)20-10-15(18)19/h2-8H,9-10H2,1H3,(H,16,17). The second-order valence-electron chi connectivity index (χ2n) is 4.54. The molecule has 0 saturated heterocycles. The number of fused-ring (bicyclic) bond motifs is 1. The van der Waals surface area contributed by atoms with Crippen molar-refractivity contribution in [1.82, 2.24) is 4.98 Å². The first-order valence-corrected chi connectivity index (χ1v) is 6.43. The first-order chi connectivity index (χ1) is 9.78. The number of nitrogens with one attached hydrogen (secondary N) is 1. The van der Waals surface area contributed by atoms with Crippen molar-refractivity contribution in [3.05, 3.63) is 48.2 Å². The third kappa shape index (κ3) is 2.30. The lowest BCUT2D eigenvalue weighted by Gasteiger charge is -2.29. The average Bonchev–Trinajstić information content (AvgIpc) is 2.51. The number of carbonyl (C=O) groups is 1. The Morgan fingerprint density at radius 3 is 2.90 bits per heavy atom. The summed E-state index contributed by atoms with van der Waals surface area (Å²) in [6.45, 7) is 0.579. The molecule has 20 heavy (non-hydrogen) atoms. The lowest BCUT2D eigenvalue weighted by molar-refractivity contribution is -0.121. The van der Waals surface area contributed by atoms with Crippen molar-refractivity contribution >= 4 is 17.4 Å². The van der Waals surface area contributed by atoms with Crippen LogP contribution in [0.25, 0.3) is 0 Å². The fourth-order valence-electron chi connectivity index (χ4n) is 2.18. The molecule has 0 saturated carbocycles. The summed E-state index contributed by atoms with van der Waals surface area (Å²) in [6, 6.07) is 11.4. The molecule has 0 aliphatic carbocycles. The molecule has 1 aliphatic rings. The van der Waals surface area contributed by atoms with Crippen LogP contribution in [0.4, 0.5) is 11.5 Å². The molecule has 1 amide bonds. The van der Waals surface area contributed by atoms with Crippen molar-refractivity contribution in [2.45, 2.75) is 6.54 Å². The smallest absolute Gasteiger partial charge is 0.265 e. The first kappa shape index (κ1) is 12.5. The van der Waals surface area contributed by atoms with E-state index in [2.05, 4.69) is 10.3 Å². The van der Waals surface area contributed by atoms with Gasteiger partial charge in [0.1, 0.15) is 11.6 Å². The third-order valence-electron chi connectivity index (χ3n) is 3.23. The van der Waals surface area contributed by atoms with Crippen LogP contribution in [0.3, 0.4) is 0 Å². The number of anilines is 2. The van der Waals surface area contributed by atoms with Crippen LogP contribution in [-0.2, 0) is 11.3 Å². The third-order valence-corrected chi connectivity index (χ3v) is 3.23. The Kier molecular flexibility index (Phi) is 3.25. The number of amides is 1. The fourth-order valence-corrected chi connectivity index (χ4v) is 2.18. The Labute approximate surface area is 117 Å². The van der Waals surface area contributed by atoms with Crippen LogP contribution in [0.15, 0.2) is 42.6 Å². The summed E-state index contributed by atoms with van der Waals surface area (Å²) in [5.41, 5.74) is 1.79. The second kappa shape index (κ2) is 5.21. The highest BCUT2D eigenvalue weighted by molar-refractivity contribution is 5.97. The molecule has 0 bridgehead atoms. The van der Waals surface area contributed by atoms with Crippen molar-refractivity contribution < 1.29 is 9.53 Å². The average molecular weight is 269 g/mol. The number of carbonyl (C=O) groups excluding carboxylic acids is 1. The topological polar surface area (TPSA) is 54.5 Å². The predicted octanol–water partition coefficient (Wildman–Crippen LogP) is 2.05. The number of benzene rings is 1. The molecule has 1 aliphatic heterocycles. The van der Waals surface area contributed by atoms with E-state index in [9.17, 15) is 4.79 Å². The number of rotatable bonds is 3. The molecule has 3 rings (SSSR count). The Morgan fingerprint density at radius 2 is 2.15 bits per heavy atom. The molecule has 0 radical (unpaired) electrons. The van der Waals surface area contributed by atoms with Crippen LogP contribution >= 0.6 is 0 Å². The Morgan fingerprint density at radius 1 is 1.30 bits per heavy atom. The quantitative estimate of drug-likeness (QED) is 0.926. The number of nitrogens with zero attached hydrogens (tertiary/aromatic N) is 2. The van der Waals surface area contributed by atoms with Crippen molar-refractivity contribution in [2.24, 2.45) is 0 Å². The van der Waals surface area contributed by atoms with Gasteiger partial charge in [0.2, 0.25) is 0 Å². The van der Waals surface area contributed by atoms with Gasteiger partial charge in [-0.1, -0.05) is 18.2 Å². The van der Waals surface area contributed by atoms with Crippen molar-refractivity contribution in [3.8, 4) is 5.75 Å². The number of ether oxygens (including phenoxy) is 1. The first-order valence-electron chi connectivity index (χ1n) is 6.43. The molecule has 0 atom stereocenters. The highest BCUT2D eigenvalue weighted by Gasteiger charge is 2.25. The lowest BCUT2D eigenvalue weighted by atomic mass is 10.2. The zero-order valence-corrected chi connectivity index (χ0v) is 11.2. The molecule has 5 nitrogen and oxygen atoms in total. The van der Waals surface area contributed by atoms with Gasteiger partial charge in [-0.15, -0.1) is 0 Å². The van der Waals surface area contributed by atoms with Gasteiger partial charge in [0.05, 0.1) is 12.2 Å². The summed E-state index contributed by atoms with van der Waals surface area (Å²) >= 11 is 0. The van der Waals surface area contributed by atoms with E-state index in [4.69, 9.17) is 4.74 Å². The predicted molar refractivity (Wildman–Crippen MR) is 76.9 cm³/mol. The van der Waals surface area contributed by atoms with Crippen LogP contribution in [-0.4, -0.2) is 24.5 Å². The van der Waals surface area contributed by atoms with Gasteiger partial charge < -0.3 is 15.0 Å². The van der Waals surface area contributed by atoms with E-state index in [1.54, 1.807) is 11.1 Å². The van der Waals surface area contributed by atoms with E-state index >= 15 is 0 Å². The highest BCUT2D eigenvalue weighted by Crippen LogP contribution is 2.32. The minimum Gasteiger partial charge on any atom is -0.482 e. The Hall–Kier alpha value is -2.56. The second-order valence-corrected chi connectivity index (χ2v) is 4.54. The lowest BCUT2D eigenvalue weighted by Crippen LogP contribution is -2.38.